The van der Waals surface area contributed by atoms with Gasteiger partial charge in [0.1, 0.15) is 0 Å². The van der Waals surface area contributed by atoms with Crippen molar-refractivity contribution in [3.05, 3.63) is 35.1 Å². The van der Waals surface area contributed by atoms with Crippen LogP contribution in [0.5, 0.6) is 0 Å². The molecule has 0 radical (unpaired) electrons. The summed E-state index contributed by atoms with van der Waals surface area (Å²) >= 11 is 0. The van der Waals surface area contributed by atoms with Crippen LogP contribution in [0.25, 0.3) is 0 Å². The van der Waals surface area contributed by atoms with Gasteiger partial charge in [-0.15, -0.1) is 0 Å². The molecule has 0 aliphatic carbocycles. The number of methoxy groups -OCH3 is 2. The van der Waals surface area contributed by atoms with Crippen molar-refractivity contribution < 1.29 is 27.4 Å². The fourth-order valence-corrected chi connectivity index (χ4v) is 1.58. The molecule has 1 aromatic carbocycles. The lowest BCUT2D eigenvalue weighted by Gasteiger charge is -2.22. The van der Waals surface area contributed by atoms with Crippen LogP contribution < -0.4 is 0 Å². The van der Waals surface area contributed by atoms with Gasteiger partial charge in [0.2, 0.25) is 0 Å². The van der Waals surface area contributed by atoms with Gasteiger partial charge >= 0.3 is 0 Å². The minimum absolute atomic E-state index is 0.235. The Morgan fingerprint density at radius 1 is 1.05 bits per heavy atom. The predicted molar refractivity (Wildman–Crippen MR) is 66.0 cm³/mol. The van der Waals surface area contributed by atoms with Crippen LogP contribution in [-0.4, -0.2) is 51.3 Å². The highest BCUT2D eigenvalue weighted by Crippen LogP contribution is 2.15. The zero-order valence-electron chi connectivity index (χ0n) is 11.3. The van der Waals surface area contributed by atoms with Crippen LogP contribution in [0.2, 0.25) is 0 Å². The number of rotatable bonds is 7. The summed E-state index contributed by atoms with van der Waals surface area (Å²) < 4.78 is 48.9. The highest BCUT2D eigenvalue weighted by molar-refractivity contribution is 5.94. The Hall–Kier alpha value is -1.60. The molecule has 7 heteroatoms. The van der Waals surface area contributed by atoms with Crippen LogP contribution in [0.3, 0.4) is 0 Å². The van der Waals surface area contributed by atoms with E-state index in [2.05, 4.69) is 0 Å². The van der Waals surface area contributed by atoms with Crippen molar-refractivity contribution in [3.8, 4) is 0 Å². The number of halogens is 3. The third-order valence-electron chi connectivity index (χ3n) is 2.65. The van der Waals surface area contributed by atoms with Crippen molar-refractivity contribution in [2.24, 2.45) is 0 Å². The first-order chi connectivity index (χ1) is 9.51. The summed E-state index contributed by atoms with van der Waals surface area (Å²) in [5.41, 5.74) is -0.256. The fourth-order valence-electron chi connectivity index (χ4n) is 1.58. The smallest absolute Gasteiger partial charge is 0.254 e. The Morgan fingerprint density at radius 3 is 1.90 bits per heavy atom. The molecule has 0 bridgehead atoms. The molecule has 0 saturated carbocycles. The topological polar surface area (TPSA) is 38.8 Å². The predicted octanol–water partition coefficient (Wildman–Crippen LogP) is 1.84. The zero-order valence-corrected chi connectivity index (χ0v) is 11.3. The third-order valence-corrected chi connectivity index (χ3v) is 2.65. The first-order valence-corrected chi connectivity index (χ1v) is 5.93. The summed E-state index contributed by atoms with van der Waals surface area (Å²) in [6, 6.07) is 1.35. The molecule has 0 heterocycles. The first kappa shape index (κ1) is 16.5. The standard InChI is InChI=1S/C13H16F3NO3/c1-19-5-3-17(4-6-20-2)13(18)9-7-10(14)12(16)11(15)8-9/h7-8H,3-6H2,1-2H3. The van der Waals surface area contributed by atoms with Crippen molar-refractivity contribution in [1.82, 2.24) is 4.90 Å². The molecule has 1 aromatic rings. The maximum atomic E-state index is 13.1. The van der Waals surface area contributed by atoms with Gasteiger partial charge in [-0.25, -0.2) is 13.2 Å². The minimum Gasteiger partial charge on any atom is -0.383 e. The Kier molecular flexibility index (Phi) is 6.47. The second-order valence-corrected chi connectivity index (χ2v) is 4.03. The van der Waals surface area contributed by atoms with E-state index < -0.39 is 23.4 Å². The van der Waals surface area contributed by atoms with Crippen LogP contribution in [0.4, 0.5) is 13.2 Å². The van der Waals surface area contributed by atoms with Gasteiger partial charge in [-0.2, -0.15) is 0 Å². The molecule has 112 valence electrons. The van der Waals surface area contributed by atoms with E-state index in [1.54, 1.807) is 0 Å². The largest absolute Gasteiger partial charge is 0.383 e. The highest BCUT2D eigenvalue weighted by atomic mass is 19.2. The Bertz CT molecular complexity index is 437. The first-order valence-electron chi connectivity index (χ1n) is 5.93. The molecule has 0 spiro atoms. The van der Waals surface area contributed by atoms with Gasteiger partial charge in [0.25, 0.3) is 5.91 Å². The lowest BCUT2D eigenvalue weighted by atomic mass is 10.1. The summed E-state index contributed by atoms with van der Waals surface area (Å²) in [7, 11) is 2.94. The quantitative estimate of drug-likeness (QED) is 0.720. The summed E-state index contributed by atoms with van der Waals surface area (Å²) in [5, 5.41) is 0. The van der Waals surface area contributed by atoms with Gasteiger partial charge in [0, 0.05) is 32.9 Å². The van der Waals surface area contributed by atoms with E-state index >= 15 is 0 Å². The lowest BCUT2D eigenvalue weighted by Crippen LogP contribution is -2.36. The third kappa shape index (κ3) is 4.21. The number of hydrogen-bond acceptors (Lipinski definition) is 3. The minimum atomic E-state index is -1.60. The summed E-state index contributed by atoms with van der Waals surface area (Å²) in [6.07, 6.45) is 0. The van der Waals surface area contributed by atoms with Crippen molar-refractivity contribution in [3.63, 3.8) is 0 Å². The van der Waals surface area contributed by atoms with E-state index in [-0.39, 0.29) is 31.9 Å². The second-order valence-electron chi connectivity index (χ2n) is 4.03. The van der Waals surface area contributed by atoms with E-state index in [1.807, 2.05) is 0 Å². The SMILES string of the molecule is COCCN(CCOC)C(=O)c1cc(F)c(F)c(F)c1. The average molecular weight is 291 g/mol. The van der Waals surface area contributed by atoms with E-state index in [1.165, 1.54) is 19.1 Å². The average Bonchev–Trinajstić information content (AvgIpc) is 2.43. The van der Waals surface area contributed by atoms with E-state index in [4.69, 9.17) is 9.47 Å². The van der Waals surface area contributed by atoms with Crippen LogP contribution in [0, 0.1) is 17.5 Å². The van der Waals surface area contributed by atoms with Crippen molar-refractivity contribution in [2.45, 2.75) is 0 Å². The second kappa shape index (κ2) is 7.86. The molecule has 0 saturated heterocycles. The van der Waals surface area contributed by atoms with Gasteiger partial charge in [0.15, 0.2) is 17.5 Å². The maximum absolute atomic E-state index is 13.1. The Morgan fingerprint density at radius 2 is 1.50 bits per heavy atom. The molecule has 1 amide bonds. The van der Waals surface area contributed by atoms with Gasteiger partial charge in [-0.05, 0) is 12.1 Å². The van der Waals surface area contributed by atoms with Gasteiger partial charge < -0.3 is 14.4 Å². The molecular formula is C13H16F3NO3. The van der Waals surface area contributed by atoms with Crippen molar-refractivity contribution >= 4 is 5.91 Å². The van der Waals surface area contributed by atoms with Crippen LogP contribution in [0.15, 0.2) is 12.1 Å². The van der Waals surface area contributed by atoms with Crippen LogP contribution in [-0.2, 0) is 9.47 Å². The number of ether oxygens (including phenoxy) is 2. The number of carbonyl (C=O) groups is 1. The molecule has 1 rings (SSSR count). The summed E-state index contributed by atoms with van der Waals surface area (Å²) in [5.74, 6) is -5.00. The van der Waals surface area contributed by atoms with Gasteiger partial charge in [0.05, 0.1) is 13.2 Å². The van der Waals surface area contributed by atoms with Crippen molar-refractivity contribution in [1.29, 1.82) is 0 Å². The summed E-state index contributed by atoms with van der Waals surface area (Å²) in [6.45, 7) is 1.00. The normalized spacial score (nSPS) is 10.7. The molecule has 0 unspecified atom stereocenters. The van der Waals surface area contributed by atoms with Crippen molar-refractivity contribution in [2.75, 3.05) is 40.5 Å². The number of benzene rings is 1. The molecule has 0 atom stereocenters. The Labute approximate surface area is 115 Å². The van der Waals surface area contributed by atoms with Gasteiger partial charge in [-0.1, -0.05) is 0 Å². The molecule has 0 aromatic heterocycles. The summed E-state index contributed by atoms with van der Waals surface area (Å²) in [4.78, 5) is 13.4. The van der Waals surface area contributed by atoms with E-state index in [0.29, 0.717) is 12.1 Å². The van der Waals surface area contributed by atoms with E-state index in [0.717, 1.165) is 0 Å². The highest BCUT2D eigenvalue weighted by Gasteiger charge is 2.19. The fraction of sp³-hybridized carbons (Fsp3) is 0.462. The molecule has 4 nitrogen and oxygen atoms in total. The number of carbonyl (C=O) groups excluding carboxylic acids is 1. The van der Waals surface area contributed by atoms with Crippen LogP contribution in [0.1, 0.15) is 10.4 Å². The maximum Gasteiger partial charge on any atom is 0.254 e. The molecule has 0 aliphatic rings. The molecule has 0 fully saturated rings. The number of amides is 1. The molecule has 20 heavy (non-hydrogen) atoms. The Balaban J connectivity index is 2.92. The van der Waals surface area contributed by atoms with Gasteiger partial charge in [-0.3, -0.25) is 4.79 Å². The van der Waals surface area contributed by atoms with E-state index in [9.17, 15) is 18.0 Å². The molecule has 0 N–H and O–H groups in total. The number of hydrogen-bond donors (Lipinski definition) is 0. The lowest BCUT2D eigenvalue weighted by molar-refractivity contribution is 0.0626. The molecule has 0 aliphatic heterocycles. The molecular weight excluding hydrogens is 275 g/mol. The monoisotopic (exact) mass is 291 g/mol. The zero-order chi connectivity index (χ0) is 15.1. The van der Waals surface area contributed by atoms with Crippen LogP contribution >= 0.6 is 0 Å². The number of nitrogens with zero attached hydrogens (tertiary/aromatic N) is 1.